The molecule has 0 spiro atoms. The molecule has 0 N–H and O–H groups in total. The lowest BCUT2D eigenvalue weighted by Gasteiger charge is -2.09. The summed E-state index contributed by atoms with van der Waals surface area (Å²) >= 11 is 7.00. The van der Waals surface area contributed by atoms with Gasteiger partial charge in [0.1, 0.15) is 25.1 Å². The van der Waals surface area contributed by atoms with Gasteiger partial charge in [0.2, 0.25) is 0 Å². The molecule has 0 aromatic rings. The molecule has 0 aromatic carbocycles. The second-order valence-corrected chi connectivity index (χ2v) is 12.2. The zero-order valence-electron chi connectivity index (χ0n) is 14.8. The van der Waals surface area contributed by atoms with Crippen molar-refractivity contribution in [1.29, 1.82) is 0 Å². The summed E-state index contributed by atoms with van der Waals surface area (Å²) in [6, 6.07) is 0. The molecular weight excluding hydrogens is 480 g/mol. The molecule has 0 heterocycles. The van der Waals surface area contributed by atoms with Crippen LogP contribution in [0.5, 0.6) is 0 Å². The van der Waals surface area contributed by atoms with E-state index < -0.39 is 0 Å². The van der Waals surface area contributed by atoms with Crippen LogP contribution in [0.3, 0.4) is 0 Å². The van der Waals surface area contributed by atoms with Gasteiger partial charge < -0.3 is 18.9 Å². The summed E-state index contributed by atoms with van der Waals surface area (Å²) in [6.45, 7) is 10.4. The summed E-state index contributed by atoms with van der Waals surface area (Å²) in [7, 11) is 3.24. The van der Waals surface area contributed by atoms with E-state index in [0.717, 1.165) is 0 Å². The first-order chi connectivity index (χ1) is 11.2. The van der Waals surface area contributed by atoms with Crippen LogP contribution in [-0.4, -0.2) is 47.0 Å². The highest BCUT2D eigenvalue weighted by atomic mass is 79.9. The van der Waals surface area contributed by atoms with Crippen LogP contribution in [0.1, 0.15) is 27.7 Å². The lowest BCUT2D eigenvalue weighted by Crippen LogP contribution is -2.05. The van der Waals surface area contributed by atoms with Crippen LogP contribution < -0.4 is 0 Å². The van der Waals surface area contributed by atoms with Crippen LogP contribution in [0.2, 0.25) is 0 Å². The molecule has 0 aliphatic rings. The maximum atomic E-state index is 5.44. The summed E-state index contributed by atoms with van der Waals surface area (Å²) in [6.07, 6.45) is 7.30. The summed E-state index contributed by atoms with van der Waals surface area (Å²) in [5.74, 6) is 1.23. The molecule has 0 fully saturated rings. The van der Waals surface area contributed by atoms with Crippen LogP contribution in [0.15, 0.2) is 24.7 Å². The van der Waals surface area contributed by atoms with E-state index in [4.69, 9.17) is 18.9 Å². The van der Waals surface area contributed by atoms with Gasteiger partial charge in [-0.1, -0.05) is 53.4 Å². The average molecular weight is 508 g/mol. The number of rotatable bonds is 15. The SMILES string of the molecule is CC(C)(Br)/C=C/OCCOCSSCOCCO/C=C/C(C)(C)Br. The Morgan fingerprint density at radius 2 is 1.08 bits per heavy atom. The van der Waals surface area contributed by atoms with E-state index >= 15 is 0 Å². The molecule has 8 heteroatoms. The minimum Gasteiger partial charge on any atom is -0.499 e. The van der Waals surface area contributed by atoms with E-state index in [0.29, 0.717) is 38.3 Å². The summed E-state index contributed by atoms with van der Waals surface area (Å²) in [5, 5.41) is 0. The molecule has 0 saturated heterocycles. The Labute approximate surface area is 171 Å². The number of alkyl halides is 2. The van der Waals surface area contributed by atoms with Crippen molar-refractivity contribution in [3.8, 4) is 0 Å². The number of hydrogen-bond donors (Lipinski definition) is 0. The first-order valence-corrected chi connectivity index (χ1v) is 11.6. The quantitative estimate of drug-likeness (QED) is 0.0926. The Morgan fingerprint density at radius 1 is 0.708 bits per heavy atom. The number of allylic oxidation sites excluding steroid dienone is 2. The highest BCUT2D eigenvalue weighted by molar-refractivity contribution is 9.10. The molecule has 24 heavy (non-hydrogen) atoms. The molecule has 0 aliphatic heterocycles. The van der Waals surface area contributed by atoms with Gasteiger partial charge in [0.15, 0.2) is 0 Å². The zero-order chi connectivity index (χ0) is 18.3. The van der Waals surface area contributed by atoms with Crippen LogP contribution in [0.25, 0.3) is 0 Å². The molecule has 0 atom stereocenters. The maximum Gasteiger partial charge on any atom is 0.111 e. The standard InChI is InChI=1S/C16H28Br2O4S2/c1-15(2,17)5-7-19-9-11-21-13-23-24-14-22-12-10-20-8-6-16(3,4)18/h5-8H,9-14H2,1-4H3/b7-5+,8-6+. The lowest BCUT2D eigenvalue weighted by molar-refractivity contribution is 0.113. The molecule has 0 aliphatic carbocycles. The van der Waals surface area contributed by atoms with Crippen molar-refractivity contribution in [1.82, 2.24) is 0 Å². The molecule has 0 rings (SSSR count). The fourth-order valence-corrected chi connectivity index (χ4v) is 2.56. The fraction of sp³-hybridized carbons (Fsp3) is 0.750. The lowest BCUT2D eigenvalue weighted by atomic mass is 10.2. The molecule has 0 bridgehead atoms. The normalized spacial score (nSPS) is 13.1. The van der Waals surface area contributed by atoms with Gasteiger partial charge in [0.25, 0.3) is 0 Å². The highest BCUT2D eigenvalue weighted by Gasteiger charge is 2.06. The first-order valence-electron chi connectivity index (χ1n) is 7.57. The Balaban J connectivity index is 3.21. The molecular formula is C16H28Br2O4S2. The van der Waals surface area contributed by atoms with E-state index in [1.165, 1.54) is 0 Å². The largest absolute Gasteiger partial charge is 0.499 e. The third kappa shape index (κ3) is 22.7. The van der Waals surface area contributed by atoms with Crippen molar-refractivity contribution in [3.05, 3.63) is 24.7 Å². The minimum atomic E-state index is -0.0355. The van der Waals surface area contributed by atoms with Gasteiger partial charge in [-0.2, -0.15) is 0 Å². The molecule has 0 amide bonds. The van der Waals surface area contributed by atoms with Crippen LogP contribution in [0.4, 0.5) is 0 Å². The third-order valence-corrected chi connectivity index (χ3v) is 4.46. The molecule has 0 unspecified atom stereocenters. The average Bonchev–Trinajstić information content (AvgIpc) is 2.44. The van der Waals surface area contributed by atoms with Crippen molar-refractivity contribution in [3.63, 3.8) is 0 Å². The van der Waals surface area contributed by atoms with E-state index in [1.807, 2.05) is 39.8 Å². The van der Waals surface area contributed by atoms with Crippen molar-refractivity contribution >= 4 is 53.4 Å². The second-order valence-electron chi connectivity index (χ2n) is 5.76. The Kier molecular flexibility index (Phi) is 15.2. The van der Waals surface area contributed by atoms with E-state index in [1.54, 1.807) is 34.1 Å². The zero-order valence-corrected chi connectivity index (χ0v) is 19.6. The third-order valence-electron chi connectivity index (χ3n) is 2.16. The van der Waals surface area contributed by atoms with Gasteiger partial charge in [-0.15, -0.1) is 0 Å². The minimum absolute atomic E-state index is 0.0355. The smallest absolute Gasteiger partial charge is 0.111 e. The summed E-state index contributed by atoms with van der Waals surface area (Å²) in [4.78, 5) is 0. The summed E-state index contributed by atoms with van der Waals surface area (Å²) < 4.78 is 21.4. The second kappa shape index (κ2) is 14.8. The van der Waals surface area contributed by atoms with Gasteiger partial charge in [-0.05, 0) is 39.8 Å². The number of ether oxygens (including phenoxy) is 4. The van der Waals surface area contributed by atoms with Crippen LogP contribution >= 0.6 is 53.4 Å². The number of hydrogen-bond acceptors (Lipinski definition) is 6. The Hall–Kier alpha value is 0.660. The topological polar surface area (TPSA) is 36.9 Å². The first kappa shape index (κ1) is 24.7. The number of halogens is 2. The molecule has 0 radical (unpaired) electrons. The van der Waals surface area contributed by atoms with Gasteiger partial charge in [-0.25, -0.2) is 0 Å². The van der Waals surface area contributed by atoms with E-state index in [9.17, 15) is 0 Å². The van der Waals surface area contributed by atoms with Crippen molar-refractivity contribution in [2.45, 2.75) is 36.3 Å². The van der Waals surface area contributed by atoms with Crippen molar-refractivity contribution in [2.75, 3.05) is 38.3 Å². The summed E-state index contributed by atoms with van der Waals surface area (Å²) in [5.41, 5.74) is 0. The maximum absolute atomic E-state index is 5.44. The Bertz CT molecular complexity index is 319. The van der Waals surface area contributed by atoms with E-state index in [2.05, 4.69) is 31.9 Å². The predicted octanol–water partition coefficient (Wildman–Crippen LogP) is 5.72. The molecule has 0 saturated carbocycles. The fourth-order valence-electron chi connectivity index (χ4n) is 1.02. The van der Waals surface area contributed by atoms with Crippen molar-refractivity contribution in [2.24, 2.45) is 0 Å². The molecule has 142 valence electrons. The molecule has 4 nitrogen and oxygen atoms in total. The van der Waals surface area contributed by atoms with Crippen molar-refractivity contribution < 1.29 is 18.9 Å². The van der Waals surface area contributed by atoms with E-state index in [-0.39, 0.29) is 8.65 Å². The molecule has 0 aromatic heterocycles. The van der Waals surface area contributed by atoms with Gasteiger partial charge in [0, 0.05) is 8.65 Å². The van der Waals surface area contributed by atoms with Crippen LogP contribution in [0, 0.1) is 0 Å². The van der Waals surface area contributed by atoms with Gasteiger partial charge in [0.05, 0.1) is 25.7 Å². The Morgan fingerprint density at radius 3 is 1.42 bits per heavy atom. The predicted molar refractivity (Wildman–Crippen MR) is 113 cm³/mol. The highest BCUT2D eigenvalue weighted by Crippen LogP contribution is 2.21. The monoisotopic (exact) mass is 506 g/mol. The van der Waals surface area contributed by atoms with Gasteiger partial charge in [-0.3, -0.25) is 0 Å². The van der Waals surface area contributed by atoms with Crippen LogP contribution in [-0.2, 0) is 18.9 Å². The van der Waals surface area contributed by atoms with Gasteiger partial charge >= 0.3 is 0 Å².